The van der Waals surface area contributed by atoms with E-state index in [1.165, 1.54) is 0 Å². The highest BCUT2D eigenvalue weighted by molar-refractivity contribution is 5.78. The number of benzene rings is 1. The number of hydrogen-bond donors (Lipinski definition) is 2. The van der Waals surface area contributed by atoms with Crippen LogP contribution in [0.1, 0.15) is 11.1 Å². The van der Waals surface area contributed by atoms with Crippen molar-refractivity contribution in [2.45, 2.75) is 13.8 Å². The first-order valence-electron chi connectivity index (χ1n) is 5.08. The monoisotopic (exact) mass is 217 g/mol. The molecule has 0 aliphatic carbocycles. The van der Waals surface area contributed by atoms with Crippen LogP contribution in [-0.4, -0.2) is 14.9 Å². The van der Waals surface area contributed by atoms with Gasteiger partial charge in [0.25, 0.3) is 0 Å². The van der Waals surface area contributed by atoms with Crippen LogP contribution in [0.4, 0.5) is 5.82 Å². The Hall–Kier alpha value is -1.97. The predicted molar refractivity (Wildman–Crippen MR) is 64.2 cm³/mol. The number of nitrogen functional groups attached to an aromatic ring is 1. The Labute approximate surface area is 94.3 Å². The van der Waals surface area contributed by atoms with E-state index < -0.39 is 0 Å². The molecule has 4 nitrogen and oxygen atoms in total. The van der Waals surface area contributed by atoms with E-state index in [1.807, 2.05) is 19.9 Å². The number of nitrogens with zero attached hydrogens (tertiary/aromatic N) is 2. The Bertz CT molecular complexity index is 543. The summed E-state index contributed by atoms with van der Waals surface area (Å²) in [6.07, 6.45) is 1.67. The van der Waals surface area contributed by atoms with Crippen molar-refractivity contribution in [3.8, 4) is 16.9 Å². The van der Waals surface area contributed by atoms with Gasteiger partial charge in [0.15, 0.2) is 0 Å². The smallest absolute Gasteiger partial charge is 0.129 e. The average Bonchev–Trinajstić information content (AvgIpc) is 2.54. The van der Waals surface area contributed by atoms with Crippen molar-refractivity contribution in [1.82, 2.24) is 9.78 Å². The number of anilines is 1. The lowest BCUT2D eigenvalue weighted by molar-refractivity contribution is 0.477. The third-order valence-corrected chi connectivity index (χ3v) is 2.89. The van der Waals surface area contributed by atoms with Gasteiger partial charge in [-0.05, 0) is 37.1 Å². The van der Waals surface area contributed by atoms with E-state index in [-0.39, 0.29) is 5.75 Å². The summed E-state index contributed by atoms with van der Waals surface area (Å²) < 4.78 is 1.59. The standard InChI is InChI=1S/C12H15N3O/c1-7-4-9(11(16)5-8(7)2)10-6-14-15(3)12(10)13/h4-6,16H,13H2,1-3H3. The molecule has 84 valence electrons. The highest BCUT2D eigenvalue weighted by atomic mass is 16.3. The third kappa shape index (κ3) is 1.52. The Morgan fingerprint density at radius 1 is 1.19 bits per heavy atom. The molecule has 0 unspecified atom stereocenters. The van der Waals surface area contributed by atoms with Crippen molar-refractivity contribution in [3.63, 3.8) is 0 Å². The molecule has 0 radical (unpaired) electrons. The van der Waals surface area contributed by atoms with Crippen molar-refractivity contribution in [2.24, 2.45) is 7.05 Å². The van der Waals surface area contributed by atoms with Gasteiger partial charge in [-0.15, -0.1) is 0 Å². The van der Waals surface area contributed by atoms with Gasteiger partial charge in [0.1, 0.15) is 11.6 Å². The van der Waals surface area contributed by atoms with Gasteiger partial charge in [0, 0.05) is 18.2 Å². The summed E-state index contributed by atoms with van der Waals surface area (Å²) in [4.78, 5) is 0. The molecular weight excluding hydrogens is 202 g/mol. The maximum absolute atomic E-state index is 9.91. The molecule has 2 rings (SSSR count). The van der Waals surface area contributed by atoms with E-state index in [2.05, 4.69) is 5.10 Å². The van der Waals surface area contributed by atoms with Crippen molar-refractivity contribution in [3.05, 3.63) is 29.5 Å². The number of aromatic nitrogens is 2. The van der Waals surface area contributed by atoms with E-state index in [0.717, 1.165) is 22.3 Å². The molecule has 0 saturated heterocycles. The van der Waals surface area contributed by atoms with E-state index in [4.69, 9.17) is 5.73 Å². The summed E-state index contributed by atoms with van der Waals surface area (Å²) in [7, 11) is 1.77. The van der Waals surface area contributed by atoms with E-state index in [1.54, 1.807) is 24.0 Å². The first-order chi connectivity index (χ1) is 7.50. The van der Waals surface area contributed by atoms with Crippen LogP contribution in [0.15, 0.2) is 18.3 Å². The van der Waals surface area contributed by atoms with Crippen LogP contribution in [0.3, 0.4) is 0 Å². The largest absolute Gasteiger partial charge is 0.507 e. The fourth-order valence-electron chi connectivity index (χ4n) is 1.67. The van der Waals surface area contributed by atoms with Crippen molar-refractivity contribution in [1.29, 1.82) is 0 Å². The van der Waals surface area contributed by atoms with E-state index >= 15 is 0 Å². The molecule has 1 aromatic carbocycles. The topological polar surface area (TPSA) is 64.1 Å². The van der Waals surface area contributed by atoms with Crippen LogP contribution < -0.4 is 5.73 Å². The Kier molecular flexibility index (Phi) is 2.34. The predicted octanol–water partition coefficient (Wildman–Crippen LogP) is 1.99. The minimum atomic E-state index is 0.239. The minimum Gasteiger partial charge on any atom is -0.507 e. The molecule has 0 spiro atoms. The lowest BCUT2D eigenvalue weighted by Crippen LogP contribution is -1.98. The van der Waals surface area contributed by atoms with Crippen molar-refractivity contribution in [2.75, 3.05) is 5.73 Å². The van der Waals surface area contributed by atoms with Crippen molar-refractivity contribution >= 4 is 5.82 Å². The zero-order valence-corrected chi connectivity index (χ0v) is 9.65. The van der Waals surface area contributed by atoms with Gasteiger partial charge in [-0.2, -0.15) is 5.10 Å². The average molecular weight is 217 g/mol. The molecule has 1 heterocycles. The number of phenolic OH excluding ortho intramolecular Hbond substituents is 1. The molecule has 0 bridgehead atoms. The molecule has 1 aromatic heterocycles. The Morgan fingerprint density at radius 2 is 1.81 bits per heavy atom. The molecule has 0 aliphatic rings. The maximum Gasteiger partial charge on any atom is 0.129 e. The molecule has 0 fully saturated rings. The number of aryl methyl sites for hydroxylation is 3. The number of rotatable bonds is 1. The summed E-state index contributed by atoms with van der Waals surface area (Å²) in [5, 5.41) is 14.0. The summed E-state index contributed by atoms with van der Waals surface area (Å²) in [6, 6.07) is 3.68. The van der Waals surface area contributed by atoms with Gasteiger partial charge in [0.2, 0.25) is 0 Å². The molecule has 0 saturated carbocycles. The van der Waals surface area contributed by atoms with E-state index in [9.17, 15) is 5.11 Å². The molecule has 3 N–H and O–H groups in total. The van der Waals surface area contributed by atoms with Gasteiger partial charge in [-0.3, -0.25) is 4.68 Å². The quantitative estimate of drug-likeness (QED) is 0.767. The van der Waals surface area contributed by atoms with E-state index in [0.29, 0.717) is 5.82 Å². The fourth-order valence-corrected chi connectivity index (χ4v) is 1.67. The molecule has 2 aromatic rings. The van der Waals surface area contributed by atoms with Gasteiger partial charge >= 0.3 is 0 Å². The number of nitrogens with two attached hydrogens (primary N) is 1. The van der Waals surface area contributed by atoms with Gasteiger partial charge in [-0.1, -0.05) is 0 Å². The van der Waals surface area contributed by atoms with Crippen LogP contribution >= 0.6 is 0 Å². The first kappa shape index (κ1) is 10.5. The highest BCUT2D eigenvalue weighted by Gasteiger charge is 2.12. The van der Waals surface area contributed by atoms with Crippen LogP contribution in [0.2, 0.25) is 0 Å². The van der Waals surface area contributed by atoms with Gasteiger partial charge in [0.05, 0.1) is 6.20 Å². The highest BCUT2D eigenvalue weighted by Crippen LogP contribution is 2.34. The molecule has 0 amide bonds. The lowest BCUT2D eigenvalue weighted by atomic mass is 10.0. The Balaban J connectivity index is 2.65. The second-order valence-corrected chi connectivity index (χ2v) is 4.02. The fraction of sp³-hybridized carbons (Fsp3) is 0.250. The zero-order valence-electron chi connectivity index (χ0n) is 9.65. The van der Waals surface area contributed by atoms with Crippen LogP contribution in [0, 0.1) is 13.8 Å². The summed E-state index contributed by atoms with van der Waals surface area (Å²) in [5.74, 6) is 0.793. The lowest BCUT2D eigenvalue weighted by Gasteiger charge is -2.07. The molecular formula is C12H15N3O. The van der Waals surface area contributed by atoms with Crippen LogP contribution in [0.5, 0.6) is 5.75 Å². The van der Waals surface area contributed by atoms with Crippen LogP contribution in [0.25, 0.3) is 11.1 Å². The second-order valence-electron chi connectivity index (χ2n) is 4.02. The number of phenols is 1. The molecule has 16 heavy (non-hydrogen) atoms. The normalized spacial score (nSPS) is 10.7. The van der Waals surface area contributed by atoms with Gasteiger partial charge in [-0.25, -0.2) is 0 Å². The second kappa shape index (κ2) is 3.56. The minimum absolute atomic E-state index is 0.239. The number of hydrogen-bond acceptors (Lipinski definition) is 3. The SMILES string of the molecule is Cc1cc(O)c(-c2cnn(C)c2N)cc1C. The molecule has 4 heteroatoms. The summed E-state index contributed by atoms with van der Waals surface area (Å²) in [5.41, 5.74) is 9.56. The third-order valence-electron chi connectivity index (χ3n) is 2.89. The first-order valence-corrected chi connectivity index (χ1v) is 5.08. The number of aromatic hydroxyl groups is 1. The van der Waals surface area contributed by atoms with Crippen LogP contribution in [-0.2, 0) is 7.05 Å². The Morgan fingerprint density at radius 3 is 2.38 bits per heavy atom. The zero-order chi connectivity index (χ0) is 11.9. The maximum atomic E-state index is 9.91. The molecule has 0 aliphatic heterocycles. The summed E-state index contributed by atoms with van der Waals surface area (Å²) in [6.45, 7) is 3.97. The van der Waals surface area contributed by atoms with Gasteiger partial charge < -0.3 is 10.8 Å². The van der Waals surface area contributed by atoms with Crippen molar-refractivity contribution < 1.29 is 5.11 Å². The molecule has 0 atom stereocenters. The summed E-state index contributed by atoms with van der Waals surface area (Å²) >= 11 is 0.